The zero-order valence-electron chi connectivity index (χ0n) is 7.77. The molecule has 14 heavy (non-hydrogen) atoms. The van der Waals surface area contributed by atoms with E-state index in [1.54, 1.807) is 13.0 Å². The maximum atomic E-state index is 10.7. The summed E-state index contributed by atoms with van der Waals surface area (Å²) in [6, 6.07) is 1.56. The van der Waals surface area contributed by atoms with Crippen LogP contribution in [0.2, 0.25) is 0 Å². The third-order valence-corrected chi connectivity index (χ3v) is 2.36. The smallest absolute Gasteiger partial charge is 0.221 e. The second-order valence-corrected chi connectivity index (χ2v) is 3.74. The summed E-state index contributed by atoms with van der Waals surface area (Å²) in [5.41, 5.74) is 1.02. The van der Waals surface area contributed by atoms with Crippen molar-refractivity contribution in [1.82, 2.24) is 4.98 Å². The minimum Gasteiger partial charge on any atom is -0.325 e. The summed E-state index contributed by atoms with van der Waals surface area (Å²) in [7, 11) is -2.67. The molecule has 1 aromatic rings. The van der Waals surface area contributed by atoms with Crippen molar-refractivity contribution in [3.8, 4) is 0 Å². The predicted octanol–water partition coefficient (Wildman–Crippen LogP) is 0.319. The maximum absolute atomic E-state index is 10.7. The molecular formula is C8H10N2O3S. The standard InChI is InChI=1S/C8H10N2O3S/c1-5-3-7(10-6(2)11)4-9-8(5)14(12)13/h3-4,14H,1-2H3,(H,10,11). The number of carbonyl (C=O) groups excluding carboxylic acids is 1. The molecule has 1 aromatic heterocycles. The topological polar surface area (TPSA) is 76.1 Å². The van der Waals surface area contributed by atoms with Crippen LogP contribution in [0.3, 0.4) is 0 Å². The molecule has 0 fully saturated rings. The summed E-state index contributed by atoms with van der Waals surface area (Å²) in [6.07, 6.45) is 1.31. The third-order valence-electron chi connectivity index (χ3n) is 1.54. The Labute approximate surface area is 83.1 Å². The molecule has 1 amide bonds. The van der Waals surface area contributed by atoms with E-state index >= 15 is 0 Å². The van der Waals surface area contributed by atoms with Gasteiger partial charge in [0, 0.05) is 6.92 Å². The van der Waals surface area contributed by atoms with E-state index in [0.29, 0.717) is 11.3 Å². The lowest BCUT2D eigenvalue weighted by Crippen LogP contribution is -2.06. The molecule has 0 unspecified atom stereocenters. The number of amides is 1. The normalized spacial score (nSPS) is 10.2. The quantitative estimate of drug-likeness (QED) is 0.695. The van der Waals surface area contributed by atoms with E-state index in [1.165, 1.54) is 13.1 Å². The summed E-state index contributed by atoms with van der Waals surface area (Å²) in [4.78, 5) is 14.4. The van der Waals surface area contributed by atoms with E-state index in [4.69, 9.17) is 0 Å². The minimum absolute atomic E-state index is 0.0362. The fraction of sp³-hybridized carbons (Fsp3) is 0.250. The first-order valence-electron chi connectivity index (χ1n) is 3.89. The summed E-state index contributed by atoms with van der Waals surface area (Å²) >= 11 is 0. The molecule has 0 radical (unpaired) electrons. The molecule has 1 N–H and O–H groups in total. The van der Waals surface area contributed by atoms with Crippen LogP contribution in [0.25, 0.3) is 0 Å². The van der Waals surface area contributed by atoms with Gasteiger partial charge in [0.1, 0.15) is 0 Å². The van der Waals surface area contributed by atoms with Gasteiger partial charge in [-0.05, 0) is 18.6 Å². The van der Waals surface area contributed by atoms with Crippen molar-refractivity contribution in [3.63, 3.8) is 0 Å². The van der Waals surface area contributed by atoms with Gasteiger partial charge in [0.15, 0.2) is 15.7 Å². The SMILES string of the molecule is CC(=O)Nc1cnc([SH](=O)=O)c(C)c1. The lowest BCUT2D eigenvalue weighted by molar-refractivity contribution is -0.114. The van der Waals surface area contributed by atoms with Crippen LogP contribution in [-0.2, 0) is 15.5 Å². The van der Waals surface area contributed by atoms with Crippen molar-refractivity contribution in [2.24, 2.45) is 0 Å². The van der Waals surface area contributed by atoms with Gasteiger partial charge < -0.3 is 5.32 Å². The van der Waals surface area contributed by atoms with Gasteiger partial charge in [0.05, 0.1) is 11.9 Å². The number of carbonyl (C=O) groups is 1. The zero-order chi connectivity index (χ0) is 10.7. The van der Waals surface area contributed by atoms with Gasteiger partial charge in [-0.15, -0.1) is 0 Å². The van der Waals surface area contributed by atoms with Crippen molar-refractivity contribution in [3.05, 3.63) is 17.8 Å². The van der Waals surface area contributed by atoms with E-state index < -0.39 is 10.7 Å². The summed E-state index contributed by atoms with van der Waals surface area (Å²) in [6.45, 7) is 3.00. The molecule has 0 aliphatic carbocycles. The number of hydrogen-bond acceptors (Lipinski definition) is 4. The number of aryl methyl sites for hydroxylation is 1. The van der Waals surface area contributed by atoms with Crippen molar-refractivity contribution in [2.45, 2.75) is 18.9 Å². The predicted molar refractivity (Wildman–Crippen MR) is 51.9 cm³/mol. The van der Waals surface area contributed by atoms with E-state index in [0.717, 1.165) is 0 Å². The number of pyridine rings is 1. The Morgan fingerprint density at radius 1 is 1.50 bits per heavy atom. The van der Waals surface area contributed by atoms with Crippen LogP contribution in [-0.4, -0.2) is 19.3 Å². The summed E-state index contributed by atoms with van der Waals surface area (Å²) in [5, 5.41) is 2.55. The molecule has 1 heterocycles. The second kappa shape index (κ2) is 4.19. The molecule has 0 saturated carbocycles. The van der Waals surface area contributed by atoms with Gasteiger partial charge in [0.25, 0.3) is 0 Å². The van der Waals surface area contributed by atoms with Crippen molar-refractivity contribution in [1.29, 1.82) is 0 Å². The molecule has 1 rings (SSSR count). The Morgan fingerprint density at radius 2 is 2.14 bits per heavy atom. The molecule has 5 nitrogen and oxygen atoms in total. The average Bonchev–Trinajstić information content (AvgIpc) is 2.01. The lowest BCUT2D eigenvalue weighted by atomic mass is 10.3. The first kappa shape index (κ1) is 10.6. The van der Waals surface area contributed by atoms with E-state index in [1.807, 2.05) is 0 Å². The van der Waals surface area contributed by atoms with Crippen LogP contribution >= 0.6 is 0 Å². The highest BCUT2D eigenvalue weighted by Gasteiger charge is 2.04. The second-order valence-electron chi connectivity index (χ2n) is 2.80. The first-order chi connectivity index (χ1) is 6.50. The van der Waals surface area contributed by atoms with Gasteiger partial charge >= 0.3 is 0 Å². The van der Waals surface area contributed by atoms with E-state index in [9.17, 15) is 13.2 Å². The van der Waals surface area contributed by atoms with Crippen LogP contribution in [0, 0.1) is 6.92 Å². The van der Waals surface area contributed by atoms with Crippen LogP contribution in [0.4, 0.5) is 5.69 Å². The van der Waals surface area contributed by atoms with E-state index in [-0.39, 0.29) is 10.9 Å². The zero-order valence-corrected chi connectivity index (χ0v) is 8.67. The fourth-order valence-corrected chi connectivity index (χ4v) is 1.53. The van der Waals surface area contributed by atoms with Crippen LogP contribution < -0.4 is 5.32 Å². The fourth-order valence-electron chi connectivity index (χ4n) is 1.03. The summed E-state index contributed by atoms with van der Waals surface area (Å²) < 4.78 is 21.3. The van der Waals surface area contributed by atoms with Crippen molar-refractivity contribution < 1.29 is 13.2 Å². The van der Waals surface area contributed by atoms with Crippen LogP contribution in [0.1, 0.15) is 12.5 Å². The molecule has 0 saturated heterocycles. The number of hydrogen-bond donors (Lipinski definition) is 2. The van der Waals surface area contributed by atoms with Gasteiger partial charge in [-0.3, -0.25) is 4.79 Å². The highest BCUT2D eigenvalue weighted by molar-refractivity contribution is 7.72. The maximum Gasteiger partial charge on any atom is 0.221 e. The third kappa shape index (κ3) is 2.53. The van der Waals surface area contributed by atoms with Gasteiger partial charge in [-0.1, -0.05) is 0 Å². The van der Waals surface area contributed by atoms with Crippen molar-refractivity contribution >= 4 is 22.3 Å². The van der Waals surface area contributed by atoms with Crippen LogP contribution in [0.5, 0.6) is 0 Å². The molecule has 0 atom stereocenters. The monoisotopic (exact) mass is 214 g/mol. The van der Waals surface area contributed by atoms with Gasteiger partial charge in [-0.25, -0.2) is 13.4 Å². The first-order valence-corrected chi connectivity index (χ1v) is 5.07. The molecular weight excluding hydrogens is 204 g/mol. The van der Waals surface area contributed by atoms with Crippen molar-refractivity contribution in [2.75, 3.05) is 5.32 Å². The number of nitrogens with one attached hydrogen (secondary N) is 1. The molecule has 0 aromatic carbocycles. The molecule has 6 heteroatoms. The highest BCUT2D eigenvalue weighted by atomic mass is 32.2. The summed E-state index contributed by atoms with van der Waals surface area (Å²) in [5.74, 6) is -0.217. The Kier molecular flexibility index (Phi) is 3.19. The molecule has 0 bridgehead atoms. The number of aromatic nitrogens is 1. The van der Waals surface area contributed by atoms with Crippen LogP contribution in [0.15, 0.2) is 17.3 Å². The Morgan fingerprint density at radius 3 is 2.57 bits per heavy atom. The molecule has 0 aliphatic rings. The van der Waals surface area contributed by atoms with E-state index in [2.05, 4.69) is 10.3 Å². The number of rotatable bonds is 2. The lowest BCUT2D eigenvalue weighted by Gasteiger charge is -2.03. The largest absolute Gasteiger partial charge is 0.325 e. The number of thiol groups is 1. The number of nitrogens with zero attached hydrogens (tertiary/aromatic N) is 1. The molecule has 76 valence electrons. The average molecular weight is 214 g/mol. The highest BCUT2D eigenvalue weighted by Crippen LogP contribution is 2.12. The Balaban J connectivity index is 3.06. The van der Waals surface area contributed by atoms with Gasteiger partial charge in [0.2, 0.25) is 5.91 Å². The van der Waals surface area contributed by atoms with Gasteiger partial charge in [-0.2, -0.15) is 0 Å². The Hall–Kier alpha value is -1.43. The molecule has 0 aliphatic heterocycles. The number of anilines is 1. The molecule has 0 spiro atoms. The Bertz CT molecular complexity index is 432. The minimum atomic E-state index is -2.67.